The van der Waals surface area contributed by atoms with Crippen molar-refractivity contribution in [1.29, 1.82) is 0 Å². The summed E-state index contributed by atoms with van der Waals surface area (Å²) in [7, 11) is 0. The maximum absolute atomic E-state index is 13.0. The van der Waals surface area contributed by atoms with Gasteiger partial charge in [0, 0.05) is 35.6 Å². The highest BCUT2D eigenvalue weighted by Crippen LogP contribution is 2.31. The van der Waals surface area contributed by atoms with Crippen LogP contribution in [0.25, 0.3) is 28.0 Å². The predicted octanol–water partition coefficient (Wildman–Crippen LogP) is 3.48. The standard InChI is InChI=1S/C25H19F3N6O3/c26-25(27,28)17-3-5-19(6-4-17)34-23-20(2-1-9-29-23)22(32-34)16-8-11-33(21(36)14-16)15-18-7-10-30-24(31-18)37-13-12-35/h1-11,14,35H,12-13,15H2. The van der Waals surface area contributed by atoms with Gasteiger partial charge in [-0.15, -0.1) is 0 Å². The van der Waals surface area contributed by atoms with E-state index in [1.165, 1.54) is 33.6 Å². The molecule has 0 saturated carbocycles. The summed E-state index contributed by atoms with van der Waals surface area (Å²) in [5, 5.41) is 14.1. The van der Waals surface area contributed by atoms with Crippen molar-refractivity contribution in [3.8, 4) is 23.0 Å². The Hall–Kier alpha value is -4.58. The Morgan fingerprint density at radius 2 is 1.81 bits per heavy atom. The molecule has 0 aliphatic heterocycles. The van der Waals surface area contributed by atoms with Crippen LogP contribution in [0.2, 0.25) is 0 Å². The third-order valence-corrected chi connectivity index (χ3v) is 5.50. The maximum atomic E-state index is 13.0. The molecule has 1 aromatic carbocycles. The van der Waals surface area contributed by atoms with Gasteiger partial charge in [0.05, 0.1) is 30.1 Å². The summed E-state index contributed by atoms with van der Waals surface area (Å²) in [4.78, 5) is 25.5. The van der Waals surface area contributed by atoms with Crippen LogP contribution in [0.4, 0.5) is 13.2 Å². The largest absolute Gasteiger partial charge is 0.461 e. The van der Waals surface area contributed by atoms with Crippen LogP contribution in [-0.4, -0.2) is 47.6 Å². The number of halogens is 3. The number of alkyl halides is 3. The first-order valence-electron chi connectivity index (χ1n) is 11.1. The molecule has 5 rings (SSSR count). The Labute approximate surface area is 207 Å². The second-order valence-corrected chi connectivity index (χ2v) is 7.96. The van der Waals surface area contributed by atoms with Crippen LogP contribution in [-0.2, 0) is 12.7 Å². The Morgan fingerprint density at radius 3 is 2.54 bits per heavy atom. The molecule has 0 spiro atoms. The van der Waals surface area contributed by atoms with Crippen LogP contribution in [0.3, 0.4) is 0 Å². The normalized spacial score (nSPS) is 11.7. The highest BCUT2D eigenvalue weighted by Gasteiger charge is 2.30. The lowest BCUT2D eigenvalue weighted by atomic mass is 10.1. The molecule has 4 heterocycles. The maximum Gasteiger partial charge on any atom is 0.416 e. The first-order valence-corrected chi connectivity index (χ1v) is 11.1. The van der Waals surface area contributed by atoms with E-state index in [1.54, 1.807) is 36.7 Å². The molecule has 1 N–H and O–H groups in total. The zero-order valence-electron chi connectivity index (χ0n) is 19.1. The fourth-order valence-corrected chi connectivity index (χ4v) is 3.77. The van der Waals surface area contributed by atoms with Gasteiger partial charge in [-0.05, 0) is 48.5 Å². The summed E-state index contributed by atoms with van der Waals surface area (Å²) in [6.07, 6.45) is 0.222. The average Bonchev–Trinajstić information content (AvgIpc) is 3.28. The topological polar surface area (TPSA) is 108 Å². The summed E-state index contributed by atoms with van der Waals surface area (Å²) < 4.78 is 47.1. The van der Waals surface area contributed by atoms with Gasteiger partial charge in [0.2, 0.25) is 0 Å². The number of hydrogen-bond acceptors (Lipinski definition) is 7. The Morgan fingerprint density at radius 1 is 1.00 bits per heavy atom. The molecule has 0 radical (unpaired) electrons. The third-order valence-electron chi connectivity index (χ3n) is 5.50. The molecule has 5 aromatic rings. The summed E-state index contributed by atoms with van der Waals surface area (Å²) >= 11 is 0. The number of aromatic nitrogens is 6. The minimum atomic E-state index is -4.45. The molecule has 0 aliphatic rings. The quantitative estimate of drug-likeness (QED) is 0.359. The van der Waals surface area contributed by atoms with Crippen molar-refractivity contribution in [1.82, 2.24) is 29.3 Å². The van der Waals surface area contributed by atoms with Crippen molar-refractivity contribution in [3.63, 3.8) is 0 Å². The SMILES string of the molecule is O=c1cc(-c2nn(-c3ccc(C(F)(F)F)cc3)c3ncccc23)ccn1Cc1ccnc(OCCO)n1. The number of aliphatic hydroxyl groups excluding tert-OH is 1. The van der Waals surface area contributed by atoms with Gasteiger partial charge in [-0.3, -0.25) is 4.79 Å². The van der Waals surface area contributed by atoms with Gasteiger partial charge in [-0.2, -0.15) is 23.3 Å². The van der Waals surface area contributed by atoms with E-state index in [9.17, 15) is 18.0 Å². The van der Waals surface area contributed by atoms with E-state index in [0.29, 0.717) is 33.7 Å². The lowest BCUT2D eigenvalue weighted by Crippen LogP contribution is -2.20. The lowest BCUT2D eigenvalue weighted by molar-refractivity contribution is -0.137. The molecule has 0 fully saturated rings. The molecular weight excluding hydrogens is 489 g/mol. The number of hydrogen-bond donors (Lipinski definition) is 1. The first-order chi connectivity index (χ1) is 17.8. The number of pyridine rings is 2. The number of aliphatic hydroxyl groups is 1. The van der Waals surface area contributed by atoms with Crippen LogP contribution in [0.15, 0.2) is 78.0 Å². The molecule has 0 atom stereocenters. The summed E-state index contributed by atoms with van der Waals surface area (Å²) in [5.74, 6) is 0. The van der Waals surface area contributed by atoms with Crippen molar-refractivity contribution in [3.05, 3.63) is 94.8 Å². The molecule has 4 aromatic heterocycles. The van der Waals surface area contributed by atoms with Crippen LogP contribution in [0.1, 0.15) is 11.3 Å². The minimum absolute atomic E-state index is 0.0556. The van der Waals surface area contributed by atoms with Crippen molar-refractivity contribution < 1.29 is 23.0 Å². The van der Waals surface area contributed by atoms with Crippen LogP contribution in [0, 0.1) is 0 Å². The van der Waals surface area contributed by atoms with Gasteiger partial charge >= 0.3 is 12.2 Å². The van der Waals surface area contributed by atoms with Crippen molar-refractivity contribution in [2.24, 2.45) is 0 Å². The smallest absolute Gasteiger partial charge is 0.416 e. The van der Waals surface area contributed by atoms with E-state index in [4.69, 9.17) is 9.84 Å². The number of benzene rings is 1. The number of rotatable bonds is 7. The minimum Gasteiger partial charge on any atom is -0.461 e. The molecule has 37 heavy (non-hydrogen) atoms. The monoisotopic (exact) mass is 508 g/mol. The molecule has 0 bridgehead atoms. The van der Waals surface area contributed by atoms with Crippen LogP contribution in [0.5, 0.6) is 6.01 Å². The van der Waals surface area contributed by atoms with E-state index in [2.05, 4.69) is 20.1 Å². The van der Waals surface area contributed by atoms with Crippen LogP contribution < -0.4 is 10.3 Å². The number of fused-ring (bicyclic) bond motifs is 1. The molecule has 9 nitrogen and oxygen atoms in total. The Bertz CT molecular complexity index is 1610. The zero-order valence-corrected chi connectivity index (χ0v) is 19.1. The van der Waals surface area contributed by atoms with Crippen molar-refractivity contribution >= 4 is 11.0 Å². The molecule has 0 amide bonds. The average molecular weight is 508 g/mol. The van der Waals surface area contributed by atoms with E-state index >= 15 is 0 Å². The van der Waals surface area contributed by atoms with E-state index in [0.717, 1.165) is 12.1 Å². The summed E-state index contributed by atoms with van der Waals surface area (Å²) in [6, 6.07) is 13.0. The van der Waals surface area contributed by atoms with Gasteiger partial charge < -0.3 is 14.4 Å². The highest BCUT2D eigenvalue weighted by atomic mass is 19.4. The second-order valence-electron chi connectivity index (χ2n) is 7.96. The fourth-order valence-electron chi connectivity index (χ4n) is 3.77. The van der Waals surface area contributed by atoms with Gasteiger partial charge in [-0.1, -0.05) is 0 Å². The Kier molecular flexibility index (Phi) is 6.40. The fraction of sp³-hybridized carbons (Fsp3) is 0.160. The molecule has 0 unspecified atom stereocenters. The number of ether oxygens (including phenoxy) is 1. The summed E-state index contributed by atoms with van der Waals surface area (Å²) in [6.45, 7) is 0.0484. The molecule has 12 heteroatoms. The van der Waals surface area contributed by atoms with Gasteiger partial charge in [0.1, 0.15) is 12.3 Å². The lowest BCUT2D eigenvalue weighted by Gasteiger charge is -2.08. The van der Waals surface area contributed by atoms with E-state index < -0.39 is 11.7 Å². The first kappa shape index (κ1) is 24.1. The van der Waals surface area contributed by atoms with E-state index in [1.807, 2.05) is 0 Å². The van der Waals surface area contributed by atoms with Crippen molar-refractivity contribution in [2.45, 2.75) is 12.7 Å². The molecule has 188 valence electrons. The molecule has 0 saturated heterocycles. The third kappa shape index (κ3) is 5.05. The highest BCUT2D eigenvalue weighted by molar-refractivity contribution is 5.91. The number of nitrogens with zero attached hydrogens (tertiary/aromatic N) is 6. The Balaban J connectivity index is 1.48. The predicted molar refractivity (Wildman–Crippen MR) is 127 cm³/mol. The van der Waals surface area contributed by atoms with Crippen molar-refractivity contribution in [2.75, 3.05) is 13.2 Å². The molecule has 0 aliphatic carbocycles. The second kappa shape index (κ2) is 9.82. The van der Waals surface area contributed by atoms with Gasteiger partial charge in [0.15, 0.2) is 5.65 Å². The van der Waals surface area contributed by atoms with Crippen LogP contribution >= 0.6 is 0 Å². The van der Waals surface area contributed by atoms with Gasteiger partial charge in [0.25, 0.3) is 5.56 Å². The summed E-state index contributed by atoms with van der Waals surface area (Å²) in [5.41, 5.74) is 1.31. The van der Waals surface area contributed by atoms with Gasteiger partial charge in [-0.25, -0.2) is 14.6 Å². The molecular formula is C25H19F3N6O3. The zero-order chi connectivity index (χ0) is 26.0. The van der Waals surface area contributed by atoms with E-state index in [-0.39, 0.29) is 31.3 Å².